The van der Waals surface area contributed by atoms with Gasteiger partial charge in [0.15, 0.2) is 0 Å². The van der Waals surface area contributed by atoms with Gasteiger partial charge in [-0.05, 0) is 24.6 Å². The fraction of sp³-hybridized carbons (Fsp3) is 0.238. The van der Waals surface area contributed by atoms with Crippen molar-refractivity contribution in [3.63, 3.8) is 0 Å². The molecule has 0 bridgehead atoms. The number of fused-ring (bicyclic) bond motifs is 3. The van der Waals surface area contributed by atoms with Crippen LogP contribution in [0.5, 0.6) is 0 Å². The number of aromatic nitrogens is 3. The predicted octanol–water partition coefficient (Wildman–Crippen LogP) is 3.19. The van der Waals surface area contributed by atoms with Crippen molar-refractivity contribution >= 4 is 37.7 Å². The van der Waals surface area contributed by atoms with Crippen LogP contribution in [-0.2, 0) is 24.3 Å². The SMILES string of the molecule is CCc1nc2c(sc3ncccc32)c(=O)n1CC(=O)NCc1ccc(C)cc1. The van der Waals surface area contributed by atoms with Crippen LogP contribution in [0.2, 0.25) is 0 Å². The first-order chi connectivity index (χ1) is 13.6. The molecule has 4 aromatic rings. The van der Waals surface area contributed by atoms with Gasteiger partial charge in [0.2, 0.25) is 5.91 Å². The van der Waals surface area contributed by atoms with Crippen molar-refractivity contribution in [2.24, 2.45) is 0 Å². The van der Waals surface area contributed by atoms with E-state index in [-0.39, 0.29) is 18.0 Å². The van der Waals surface area contributed by atoms with Crippen LogP contribution in [0.1, 0.15) is 23.9 Å². The maximum atomic E-state index is 13.1. The van der Waals surface area contributed by atoms with Crippen molar-refractivity contribution in [3.05, 3.63) is 69.9 Å². The first kappa shape index (κ1) is 18.3. The second-order valence-corrected chi connectivity index (χ2v) is 7.67. The highest BCUT2D eigenvalue weighted by molar-refractivity contribution is 7.25. The largest absolute Gasteiger partial charge is 0.350 e. The molecule has 7 heteroatoms. The Hall–Kier alpha value is -3.06. The van der Waals surface area contributed by atoms with E-state index in [1.165, 1.54) is 21.5 Å². The highest BCUT2D eigenvalue weighted by Crippen LogP contribution is 2.28. The van der Waals surface area contributed by atoms with E-state index in [1.54, 1.807) is 6.20 Å². The summed E-state index contributed by atoms with van der Waals surface area (Å²) in [5.74, 6) is 0.393. The van der Waals surface area contributed by atoms with Gasteiger partial charge in [-0.15, -0.1) is 11.3 Å². The molecule has 0 aliphatic heterocycles. The van der Waals surface area contributed by atoms with E-state index < -0.39 is 0 Å². The molecule has 0 unspecified atom stereocenters. The predicted molar refractivity (Wildman–Crippen MR) is 112 cm³/mol. The number of benzene rings is 1. The molecule has 0 aliphatic carbocycles. The third-order valence-corrected chi connectivity index (χ3v) is 5.75. The summed E-state index contributed by atoms with van der Waals surface area (Å²) in [5.41, 5.74) is 2.68. The molecule has 0 saturated carbocycles. The zero-order valence-electron chi connectivity index (χ0n) is 15.7. The number of amides is 1. The Labute approximate surface area is 165 Å². The van der Waals surface area contributed by atoms with Gasteiger partial charge in [-0.3, -0.25) is 14.2 Å². The van der Waals surface area contributed by atoms with Crippen LogP contribution < -0.4 is 10.9 Å². The van der Waals surface area contributed by atoms with Crippen LogP contribution in [0, 0.1) is 6.92 Å². The van der Waals surface area contributed by atoms with E-state index in [0.717, 1.165) is 15.8 Å². The summed E-state index contributed by atoms with van der Waals surface area (Å²) in [4.78, 5) is 35.3. The van der Waals surface area contributed by atoms with Crippen molar-refractivity contribution < 1.29 is 4.79 Å². The summed E-state index contributed by atoms with van der Waals surface area (Å²) in [7, 11) is 0. The monoisotopic (exact) mass is 392 g/mol. The molecule has 0 atom stereocenters. The van der Waals surface area contributed by atoms with Gasteiger partial charge < -0.3 is 5.32 Å². The van der Waals surface area contributed by atoms with Gasteiger partial charge in [0, 0.05) is 24.5 Å². The van der Waals surface area contributed by atoms with Crippen molar-refractivity contribution in [1.82, 2.24) is 19.9 Å². The van der Waals surface area contributed by atoms with Gasteiger partial charge >= 0.3 is 0 Å². The molecular formula is C21H20N4O2S. The normalized spacial score (nSPS) is 11.2. The number of carbonyl (C=O) groups is 1. The molecule has 6 nitrogen and oxygen atoms in total. The number of carbonyl (C=O) groups excluding carboxylic acids is 1. The Morgan fingerprint density at radius 2 is 2.00 bits per heavy atom. The molecule has 4 rings (SSSR count). The Morgan fingerprint density at radius 3 is 2.75 bits per heavy atom. The summed E-state index contributed by atoms with van der Waals surface area (Å²) < 4.78 is 2.01. The van der Waals surface area contributed by atoms with Crippen LogP contribution in [0.4, 0.5) is 0 Å². The van der Waals surface area contributed by atoms with Crippen molar-refractivity contribution in [2.75, 3.05) is 0 Å². The molecule has 0 fully saturated rings. The molecule has 142 valence electrons. The molecule has 0 aliphatic rings. The summed E-state index contributed by atoms with van der Waals surface area (Å²) >= 11 is 1.32. The third kappa shape index (κ3) is 3.41. The first-order valence-electron chi connectivity index (χ1n) is 9.16. The number of hydrogen-bond acceptors (Lipinski definition) is 5. The van der Waals surface area contributed by atoms with Crippen LogP contribution in [0.25, 0.3) is 20.4 Å². The summed E-state index contributed by atoms with van der Waals surface area (Å²) in [5, 5.41) is 3.76. The maximum Gasteiger partial charge on any atom is 0.272 e. The van der Waals surface area contributed by atoms with E-state index in [1.807, 2.05) is 50.2 Å². The van der Waals surface area contributed by atoms with Gasteiger partial charge in [0.1, 0.15) is 21.9 Å². The Bertz CT molecular complexity index is 1230. The van der Waals surface area contributed by atoms with Crippen LogP contribution in [0.3, 0.4) is 0 Å². The lowest BCUT2D eigenvalue weighted by Gasteiger charge is -2.11. The van der Waals surface area contributed by atoms with Crippen molar-refractivity contribution in [3.8, 4) is 0 Å². The Balaban J connectivity index is 1.63. The van der Waals surface area contributed by atoms with Gasteiger partial charge in [-0.25, -0.2) is 9.97 Å². The van der Waals surface area contributed by atoms with Crippen molar-refractivity contribution in [1.29, 1.82) is 0 Å². The first-order valence-corrected chi connectivity index (χ1v) is 9.97. The Kier molecular flexibility index (Phi) is 4.92. The standard InChI is InChI=1S/C21H20N4O2S/c1-3-16-24-18-15-5-4-10-22-20(15)28-19(18)21(27)25(16)12-17(26)23-11-14-8-6-13(2)7-9-14/h4-10H,3,11-12H2,1-2H3,(H,23,26). The molecular weight excluding hydrogens is 372 g/mol. The number of nitrogens with zero attached hydrogens (tertiary/aromatic N) is 3. The summed E-state index contributed by atoms with van der Waals surface area (Å²) in [6.07, 6.45) is 2.27. The minimum Gasteiger partial charge on any atom is -0.350 e. The number of aryl methyl sites for hydroxylation is 2. The molecule has 1 N–H and O–H groups in total. The van der Waals surface area contributed by atoms with E-state index >= 15 is 0 Å². The van der Waals surface area contributed by atoms with E-state index in [4.69, 9.17) is 0 Å². The van der Waals surface area contributed by atoms with Gasteiger partial charge in [-0.2, -0.15) is 0 Å². The second kappa shape index (κ2) is 7.52. The quantitative estimate of drug-likeness (QED) is 0.566. The number of hydrogen-bond donors (Lipinski definition) is 1. The van der Waals surface area contributed by atoms with Gasteiger partial charge in [0.05, 0.1) is 5.52 Å². The van der Waals surface area contributed by atoms with Crippen LogP contribution in [0.15, 0.2) is 47.4 Å². The minimum atomic E-state index is -0.210. The second-order valence-electron chi connectivity index (χ2n) is 6.67. The fourth-order valence-electron chi connectivity index (χ4n) is 3.14. The number of pyridine rings is 1. The minimum absolute atomic E-state index is 0.0432. The zero-order chi connectivity index (χ0) is 19.7. The molecule has 3 heterocycles. The lowest BCUT2D eigenvalue weighted by molar-refractivity contribution is -0.121. The van der Waals surface area contributed by atoms with E-state index in [9.17, 15) is 9.59 Å². The van der Waals surface area contributed by atoms with Crippen LogP contribution in [-0.4, -0.2) is 20.4 Å². The van der Waals surface area contributed by atoms with E-state index in [0.29, 0.717) is 29.0 Å². The lowest BCUT2D eigenvalue weighted by Crippen LogP contribution is -2.34. The topological polar surface area (TPSA) is 76.9 Å². The summed E-state index contributed by atoms with van der Waals surface area (Å²) in [6.45, 7) is 4.34. The average molecular weight is 392 g/mol. The highest BCUT2D eigenvalue weighted by atomic mass is 32.1. The van der Waals surface area contributed by atoms with Crippen molar-refractivity contribution in [2.45, 2.75) is 33.4 Å². The third-order valence-electron chi connectivity index (χ3n) is 4.66. The molecule has 3 aromatic heterocycles. The van der Waals surface area contributed by atoms with E-state index in [2.05, 4.69) is 15.3 Å². The van der Waals surface area contributed by atoms with Gasteiger partial charge in [-0.1, -0.05) is 36.8 Å². The number of nitrogens with one attached hydrogen (secondary N) is 1. The zero-order valence-corrected chi connectivity index (χ0v) is 16.5. The lowest BCUT2D eigenvalue weighted by atomic mass is 10.1. The molecule has 0 radical (unpaired) electrons. The van der Waals surface area contributed by atoms with Crippen LogP contribution >= 0.6 is 11.3 Å². The summed E-state index contributed by atoms with van der Waals surface area (Å²) in [6, 6.07) is 11.7. The number of rotatable bonds is 5. The fourth-order valence-corrected chi connectivity index (χ4v) is 4.18. The molecule has 1 amide bonds. The molecule has 28 heavy (non-hydrogen) atoms. The molecule has 1 aromatic carbocycles. The average Bonchev–Trinajstić information content (AvgIpc) is 3.08. The smallest absolute Gasteiger partial charge is 0.272 e. The highest BCUT2D eigenvalue weighted by Gasteiger charge is 2.17. The van der Waals surface area contributed by atoms with Gasteiger partial charge in [0.25, 0.3) is 5.56 Å². The Morgan fingerprint density at radius 1 is 1.21 bits per heavy atom. The molecule has 0 saturated heterocycles. The number of thiophene rings is 1. The molecule has 0 spiro atoms. The maximum absolute atomic E-state index is 13.1.